The number of aromatic amines is 1. The lowest BCUT2D eigenvalue weighted by atomic mass is 9.94. The maximum atomic E-state index is 13.3. The third-order valence-electron chi connectivity index (χ3n) is 10.8. The van der Waals surface area contributed by atoms with Crippen LogP contribution in [0.5, 0.6) is 0 Å². The molecule has 334 valence electrons. The summed E-state index contributed by atoms with van der Waals surface area (Å²) in [6, 6.07) is 3.32. The summed E-state index contributed by atoms with van der Waals surface area (Å²) in [4.78, 5) is 94.2. The summed E-state index contributed by atoms with van der Waals surface area (Å²) < 4.78 is 11.3. The molecule has 23 heteroatoms. The van der Waals surface area contributed by atoms with Gasteiger partial charge in [-0.3, -0.25) is 24.0 Å². The van der Waals surface area contributed by atoms with Gasteiger partial charge >= 0.3 is 6.09 Å². The van der Waals surface area contributed by atoms with Crippen LogP contribution in [0.15, 0.2) is 49.1 Å². The zero-order valence-electron chi connectivity index (χ0n) is 34.1. The number of H-pyrrole nitrogens is 1. The number of aliphatic hydroxyl groups is 4. The van der Waals surface area contributed by atoms with E-state index in [-0.39, 0.29) is 44.4 Å². The highest BCUT2D eigenvalue weighted by molar-refractivity contribution is 5.98. The van der Waals surface area contributed by atoms with Gasteiger partial charge in [0.1, 0.15) is 55.1 Å². The summed E-state index contributed by atoms with van der Waals surface area (Å²) in [6.45, 7) is 4.43. The molecule has 0 radical (unpaired) electrons. The van der Waals surface area contributed by atoms with Gasteiger partial charge in [-0.25, -0.2) is 19.7 Å². The standard InChI is InChI=1S/C39H51N11O12/c1-19(2)28(46-25(52)11-13-50-26(53)8-9-27(50)54)37(59)44-20(3)35(57)45-23-6-4-21(5-7-23)16-61-39(60)49-12-10-22(14-49)36(58)47-29-24(15-51)62-38(32(56)31(29)55)48-34-30-33(41-17-40-30)42-18-43-34/h4-9,17-20,22,24,26,28-29,31-32,38,51,53,55-56H,10-16H2,1-3H3,(H,44,59)(H,45,57)(H,46,52)(H,47,58)(H2,40,41,42,43,48)/t20-,22-,24-,26?,28-,29-,31+,32-,38-/m0/s1. The Morgan fingerprint density at radius 1 is 1.00 bits per heavy atom. The zero-order valence-corrected chi connectivity index (χ0v) is 34.1. The number of hydrogen-bond acceptors (Lipinski definition) is 16. The molecule has 0 spiro atoms. The molecule has 3 aromatic rings. The molecule has 3 aliphatic heterocycles. The molecule has 1 aromatic carbocycles. The molecule has 23 nitrogen and oxygen atoms in total. The highest BCUT2D eigenvalue weighted by atomic mass is 16.6. The molecule has 0 bridgehead atoms. The minimum Gasteiger partial charge on any atom is -0.445 e. The quantitative estimate of drug-likeness (QED) is 0.0747. The van der Waals surface area contributed by atoms with Gasteiger partial charge in [0.15, 0.2) is 17.7 Å². The van der Waals surface area contributed by atoms with E-state index in [1.807, 2.05) is 0 Å². The number of ether oxygens (including phenoxy) is 2. The number of nitrogens with zero attached hydrogens (tertiary/aromatic N) is 5. The van der Waals surface area contributed by atoms with Gasteiger partial charge in [0.05, 0.1) is 24.9 Å². The Kier molecular flexibility index (Phi) is 14.7. The Hall–Kier alpha value is -6.27. The molecule has 0 aliphatic carbocycles. The van der Waals surface area contributed by atoms with Crippen LogP contribution in [0.1, 0.15) is 39.2 Å². The molecule has 0 saturated carbocycles. The van der Waals surface area contributed by atoms with Gasteiger partial charge in [-0.05, 0) is 43.0 Å². The highest BCUT2D eigenvalue weighted by Crippen LogP contribution is 2.26. The van der Waals surface area contributed by atoms with Crippen molar-refractivity contribution < 1.29 is 58.7 Å². The molecule has 9 atom stereocenters. The average Bonchev–Trinajstić information content (AvgIpc) is 4.02. The monoisotopic (exact) mass is 865 g/mol. The summed E-state index contributed by atoms with van der Waals surface area (Å²) in [5, 5.41) is 55.3. The van der Waals surface area contributed by atoms with Gasteiger partial charge < -0.3 is 71.3 Å². The first kappa shape index (κ1) is 45.3. The second kappa shape index (κ2) is 20.1. The van der Waals surface area contributed by atoms with E-state index in [1.165, 1.54) is 36.6 Å². The van der Waals surface area contributed by atoms with Crippen LogP contribution >= 0.6 is 0 Å². The van der Waals surface area contributed by atoms with Crippen LogP contribution in [0.25, 0.3) is 11.2 Å². The molecule has 62 heavy (non-hydrogen) atoms. The summed E-state index contributed by atoms with van der Waals surface area (Å²) in [5.74, 6) is -3.31. The van der Waals surface area contributed by atoms with Gasteiger partial charge in [0, 0.05) is 37.8 Å². The third-order valence-corrected chi connectivity index (χ3v) is 10.8. The van der Waals surface area contributed by atoms with Crippen molar-refractivity contribution in [3.05, 3.63) is 54.6 Å². The minimum atomic E-state index is -1.54. The molecule has 2 fully saturated rings. The van der Waals surface area contributed by atoms with Crippen molar-refractivity contribution in [3.8, 4) is 0 Å². The van der Waals surface area contributed by atoms with Gasteiger partial charge in [-0.1, -0.05) is 26.0 Å². The second-order valence-corrected chi connectivity index (χ2v) is 15.5. The Morgan fingerprint density at radius 3 is 2.45 bits per heavy atom. The Bertz CT molecular complexity index is 2130. The van der Waals surface area contributed by atoms with Crippen molar-refractivity contribution in [2.75, 3.05) is 36.9 Å². The number of amides is 6. The number of likely N-dealkylation sites (tertiary alicyclic amines) is 1. The van der Waals surface area contributed by atoms with Crippen molar-refractivity contribution in [3.63, 3.8) is 0 Å². The Morgan fingerprint density at radius 2 is 1.76 bits per heavy atom. The lowest BCUT2D eigenvalue weighted by Gasteiger charge is -2.43. The van der Waals surface area contributed by atoms with Crippen LogP contribution in [-0.2, 0) is 40.1 Å². The Balaban J connectivity index is 0.913. The minimum absolute atomic E-state index is 0.0204. The largest absolute Gasteiger partial charge is 0.445 e. The number of fused-ring (bicyclic) bond motifs is 1. The number of benzene rings is 1. The number of aliphatic hydroxyl groups excluding tert-OH is 4. The average molecular weight is 866 g/mol. The molecule has 6 amide bonds. The van der Waals surface area contributed by atoms with E-state index in [1.54, 1.807) is 38.1 Å². The van der Waals surface area contributed by atoms with Crippen molar-refractivity contribution in [1.29, 1.82) is 0 Å². The molecule has 2 saturated heterocycles. The van der Waals surface area contributed by atoms with Crippen LogP contribution in [0.3, 0.4) is 0 Å². The first-order valence-corrected chi connectivity index (χ1v) is 20.0. The number of imidazole rings is 1. The fourth-order valence-electron chi connectivity index (χ4n) is 7.13. The molecule has 2 aromatic heterocycles. The van der Waals surface area contributed by atoms with Crippen molar-refractivity contribution >= 4 is 58.3 Å². The first-order chi connectivity index (χ1) is 29.6. The smallest absolute Gasteiger partial charge is 0.410 e. The van der Waals surface area contributed by atoms with Crippen molar-refractivity contribution in [1.82, 2.24) is 45.7 Å². The Labute approximate surface area is 354 Å². The number of anilines is 2. The highest BCUT2D eigenvalue weighted by Gasteiger charge is 2.46. The fourth-order valence-corrected chi connectivity index (χ4v) is 7.13. The van der Waals surface area contributed by atoms with Crippen molar-refractivity contribution in [2.45, 2.75) is 89.1 Å². The van der Waals surface area contributed by atoms with E-state index in [2.05, 4.69) is 46.5 Å². The predicted molar refractivity (Wildman–Crippen MR) is 216 cm³/mol. The van der Waals surface area contributed by atoms with Crippen LogP contribution in [0.2, 0.25) is 0 Å². The van der Waals surface area contributed by atoms with Gasteiger partial charge in [-0.15, -0.1) is 0 Å². The molecule has 3 aliphatic rings. The number of nitrogens with one attached hydrogen (secondary N) is 6. The van der Waals surface area contributed by atoms with Gasteiger partial charge in [0.25, 0.3) is 0 Å². The second-order valence-electron chi connectivity index (χ2n) is 15.5. The number of carbonyl (C=O) groups excluding carboxylic acids is 6. The molecular formula is C39H51N11O12. The van der Waals surface area contributed by atoms with Gasteiger partial charge in [-0.2, -0.15) is 0 Å². The van der Waals surface area contributed by atoms with Gasteiger partial charge in [0.2, 0.25) is 29.5 Å². The van der Waals surface area contributed by atoms with Crippen LogP contribution in [0.4, 0.5) is 16.3 Å². The maximum Gasteiger partial charge on any atom is 0.410 e. The topological polar surface area (TPSA) is 323 Å². The fraction of sp³-hybridized carbons (Fsp3) is 0.513. The number of hydrogen-bond donors (Lipinski definition) is 10. The van der Waals surface area contributed by atoms with Crippen LogP contribution in [-0.4, -0.2) is 161 Å². The van der Waals surface area contributed by atoms with Crippen LogP contribution in [0, 0.1) is 11.8 Å². The van der Waals surface area contributed by atoms with E-state index in [9.17, 15) is 49.2 Å². The molecule has 10 N–H and O–H groups in total. The van der Waals surface area contributed by atoms with E-state index in [0.717, 1.165) is 4.90 Å². The van der Waals surface area contributed by atoms with E-state index < -0.39 is 97.0 Å². The van der Waals surface area contributed by atoms with E-state index in [4.69, 9.17) is 9.47 Å². The molecule has 1 unspecified atom stereocenters. The van der Waals surface area contributed by atoms with E-state index >= 15 is 0 Å². The molecular weight excluding hydrogens is 814 g/mol. The predicted octanol–water partition coefficient (Wildman–Crippen LogP) is -1.96. The summed E-state index contributed by atoms with van der Waals surface area (Å²) in [7, 11) is 0. The molecule has 6 rings (SSSR count). The summed E-state index contributed by atoms with van der Waals surface area (Å²) in [5.41, 5.74) is 1.79. The lowest BCUT2D eigenvalue weighted by Crippen LogP contribution is -2.66. The molecule has 5 heterocycles. The lowest BCUT2D eigenvalue weighted by molar-refractivity contribution is -0.185. The number of aromatic nitrogens is 4. The zero-order chi connectivity index (χ0) is 44.7. The normalized spacial score (nSPS) is 24.5. The number of rotatable bonds is 16. The van der Waals surface area contributed by atoms with Crippen LogP contribution < -0.4 is 26.6 Å². The SMILES string of the molecule is CC(C)[C@H](NC(=O)CCN1C(=O)C=CC1O)C(=O)N[C@@H](C)C(=O)Nc1ccc(COC(=O)N2CC[C@H](C(=O)N[C@@H]3[C@@H](O)[C@H](O)[C@@H](Nc4ncnc5nc[nH]c45)O[C@H]3CO)C2)cc1. The summed E-state index contributed by atoms with van der Waals surface area (Å²) in [6.07, 6.45) is -1.82. The summed E-state index contributed by atoms with van der Waals surface area (Å²) >= 11 is 0. The first-order valence-electron chi connectivity index (χ1n) is 20.0. The number of carbonyl (C=O) groups is 6. The maximum absolute atomic E-state index is 13.3. The van der Waals surface area contributed by atoms with Crippen molar-refractivity contribution in [2.24, 2.45) is 11.8 Å². The van der Waals surface area contributed by atoms with E-state index in [0.29, 0.717) is 28.8 Å². The third kappa shape index (κ3) is 10.8.